The van der Waals surface area contributed by atoms with Crippen molar-refractivity contribution < 1.29 is 13.5 Å². The van der Waals surface area contributed by atoms with Crippen LogP contribution in [-0.2, 0) is 0 Å². The minimum Gasteiger partial charge on any atom is -0.435 e. The van der Waals surface area contributed by atoms with Gasteiger partial charge >= 0.3 is 6.61 Å². The fraction of sp³-hybridized carbons (Fsp3) is 0.625. The Hall–Kier alpha value is -1.16. The normalized spacial score (nSPS) is 16.4. The van der Waals surface area contributed by atoms with Gasteiger partial charge in [0.15, 0.2) is 0 Å². The second-order valence-corrected chi connectivity index (χ2v) is 5.47. The number of halogens is 2. The fourth-order valence-corrected chi connectivity index (χ4v) is 2.40. The molecular weight excluding hydrogens is 260 g/mol. The number of alkyl halides is 2. The van der Waals surface area contributed by atoms with E-state index in [4.69, 9.17) is 0 Å². The molecule has 1 fully saturated rings. The second kappa shape index (κ2) is 7.58. The average Bonchev–Trinajstić information content (AvgIpc) is 3.24. The largest absolute Gasteiger partial charge is 0.435 e. The van der Waals surface area contributed by atoms with Crippen molar-refractivity contribution in [2.75, 3.05) is 6.54 Å². The molecular formula is C16H23F2NO. The monoisotopic (exact) mass is 283 g/mol. The van der Waals surface area contributed by atoms with Gasteiger partial charge in [-0.05, 0) is 49.4 Å². The Kier molecular flexibility index (Phi) is 5.77. The lowest BCUT2D eigenvalue weighted by molar-refractivity contribution is -0.0498. The maximum absolute atomic E-state index is 12.1. The highest BCUT2D eigenvalue weighted by molar-refractivity contribution is 5.29. The summed E-state index contributed by atoms with van der Waals surface area (Å²) in [5.41, 5.74) is 1.15. The van der Waals surface area contributed by atoms with Gasteiger partial charge in [0.05, 0.1) is 0 Å². The summed E-state index contributed by atoms with van der Waals surface area (Å²) >= 11 is 0. The molecule has 2 rings (SSSR count). The predicted octanol–water partition coefficient (Wildman–Crippen LogP) is 4.52. The summed E-state index contributed by atoms with van der Waals surface area (Å²) in [6, 6.07) is 7.34. The van der Waals surface area contributed by atoms with Crippen LogP contribution in [0.3, 0.4) is 0 Å². The van der Waals surface area contributed by atoms with Crippen molar-refractivity contribution in [1.29, 1.82) is 0 Å². The van der Waals surface area contributed by atoms with Crippen LogP contribution in [0.25, 0.3) is 0 Å². The predicted molar refractivity (Wildman–Crippen MR) is 76.1 cm³/mol. The summed E-state index contributed by atoms with van der Waals surface area (Å²) in [4.78, 5) is 0. The van der Waals surface area contributed by atoms with Crippen LogP contribution in [0, 0.1) is 5.92 Å². The van der Waals surface area contributed by atoms with Crippen LogP contribution >= 0.6 is 0 Å². The lowest BCUT2D eigenvalue weighted by Gasteiger charge is -2.19. The van der Waals surface area contributed by atoms with Gasteiger partial charge in [-0.3, -0.25) is 0 Å². The van der Waals surface area contributed by atoms with E-state index in [1.54, 1.807) is 12.1 Å². The van der Waals surface area contributed by atoms with Gasteiger partial charge in [-0.2, -0.15) is 8.78 Å². The van der Waals surface area contributed by atoms with Crippen LogP contribution in [0.5, 0.6) is 5.75 Å². The number of rotatable bonds is 9. The molecule has 1 aliphatic rings. The molecule has 1 N–H and O–H groups in total. The molecule has 1 atom stereocenters. The third-order valence-corrected chi connectivity index (χ3v) is 3.71. The van der Waals surface area contributed by atoms with E-state index < -0.39 is 6.61 Å². The highest BCUT2D eigenvalue weighted by Crippen LogP contribution is 2.36. The standard InChI is InChI=1S/C16H23F2NO/c1-2-11-19-15(10-5-12-3-4-12)13-6-8-14(9-7-13)20-16(17)18/h6-9,12,15-16,19H,2-5,10-11H2,1H3. The Labute approximate surface area is 119 Å². The van der Waals surface area contributed by atoms with Crippen LogP contribution in [0.4, 0.5) is 8.78 Å². The van der Waals surface area contributed by atoms with Crippen molar-refractivity contribution in [3.8, 4) is 5.75 Å². The minimum absolute atomic E-state index is 0.222. The highest BCUT2D eigenvalue weighted by Gasteiger charge is 2.23. The summed E-state index contributed by atoms with van der Waals surface area (Å²) in [5.74, 6) is 1.13. The van der Waals surface area contributed by atoms with Gasteiger partial charge in [-0.25, -0.2) is 0 Å². The molecule has 0 amide bonds. The minimum atomic E-state index is -2.76. The molecule has 0 heterocycles. The molecule has 1 aromatic rings. The lowest BCUT2D eigenvalue weighted by Crippen LogP contribution is -2.22. The quantitative estimate of drug-likeness (QED) is 0.719. The van der Waals surface area contributed by atoms with Gasteiger partial charge in [0.2, 0.25) is 0 Å². The van der Waals surface area contributed by atoms with E-state index in [1.165, 1.54) is 19.3 Å². The van der Waals surface area contributed by atoms with E-state index in [0.717, 1.165) is 30.9 Å². The van der Waals surface area contributed by atoms with E-state index in [-0.39, 0.29) is 5.75 Å². The summed E-state index contributed by atoms with van der Waals surface area (Å²) in [7, 11) is 0. The van der Waals surface area contributed by atoms with E-state index in [9.17, 15) is 8.78 Å². The van der Waals surface area contributed by atoms with Gasteiger partial charge in [-0.15, -0.1) is 0 Å². The highest BCUT2D eigenvalue weighted by atomic mass is 19.3. The van der Waals surface area contributed by atoms with Crippen LogP contribution in [0.1, 0.15) is 50.6 Å². The molecule has 20 heavy (non-hydrogen) atoms. The molecule has 1 aliphatic carbocycles. The van der Waals surface area contributed by atoms with Gasteiger partial charge in [-0.1, -0.05) is 31.9 Å². The second-order valence-electron chi connectivity index (χ2n) is 5.47. The molecule has 2 nitrogen and oxygen atoms in total. The lowest BCUT2D eigenvalue weighted by atomic mass is 10.00. The molecule has 0 saturated heterocycles. The average molecular weight is 283 g/mol. The summed E-state index contributed by atoms with van der Waals surface area (Å²) in [6.07, 6.45) is 6.17. The first-order chi connectivity index (χ1) is 9.69. The molecule has 0 bridgehead atoms. The van der Waals surface area contributed by atoms with Crippen LogP contribution in [-0.4, -0.2) is 13.2 Å². The van der Waals surface area contributed by atoms with Crippen molar-refractivity contribution in [1.82, 2.24) is 5.32 Å². The zero-order valence-corrected chi connectivity index (χ0v) is 11.9. The molecule has 1 unspecified atom stereocenters. The van der Waals surface area contributed by atoms with E-state index >= 15 is 0 Å². The number of nitrogens with one attached hydrogen (secondary N) is 1. The fourth-order valence-electron chi connectivity index (χ4n) is 2.40. The van der Waals surface area contributed by atoms with Crippen LogP contribution in [0.15, 0.2) is 24.3 Å². The smallest absolute Gasteiger partial charge is 0.387 e. The molecule has 1 saturated carbocycles. The number of ether oxygens (including phenoxy) is 1. The van der Waals surface area contributed by atoms with Crippen molar-refractivity contribution in [2.24, 2.45) is 5.92 Å². The van der Waals surface area contributed by atoms with Gasteiger partial charge in [0.1, 0.15) is 5.75 Å². The zero-order chi connectivity index (χ0) is 14.4. The molecule has 0 aromatic heterocycles. The summed E-state index contributed by atoms with van der Waals surface area (Å²) in [6.45, 7) is 0.361. The van der Waals surface area contributed by atoms with E-state index in [0.29, 0.717) is 6.04 Å². The molecule has 1 aromatic carbocycles. The number of hydrogen-bond acceptors (Lipinski definition) is 2. The zero-order valence-electron chi connectivity index (χ0n) is 11.9. The topological polar surface area (TPSA) is 21.3 Å². The molecule has 112 valence electrons. The number of benzene rings is 1. The van der Waals surface area contributed by atoms with Gasteiger partial charge in [0, 0.05) is 6.04 Å². The van der Waals surface area contributed by atoms with E-state index in [1.807, 2.05) is 12.1 Å². The van der Waals surface area contributed by atoms with Crippen LogP contribution in [0.2, 0.25) is 0 Å². The third kappa shape index (κ3) is 5.08. The van der Waals surface area contributed by atoms with Crippen molar-refractivity contribution >= 4 is 0 Å². The van der Waals surface area contributed by atoms with Gasteiger partial charge in [0.25, 0.3) is 0 Å². The maximum atomic E-state index is 12.1. The van der Waals surface area contributed by atoms with Crippen molar-refractivity contribution in [3.63, 3.8) is 0 Å². The molecule has 0 spiro atoms. The third-order valence-electron chi connectivity index (χ3n) is 3.71. The Bertz CT molecular complexity index is 390. The SMILES string of the molecule is CCCNC(CCC1CC1)c1ccc(OC(F)F)cc1. The maximum Gasteiger partial charge on any atom is 0.387 e. The molecule has 0 aliphatic heterocycles. The van der Waals surface area contributed by atoms with Gasteiger partial charge < -0.3 is 10.1 Å². The first kappa shape index (κ1) is 15.2. The Morgan fingerprint density at radius 3 is 2.50 bits per heavy atom. The Balaban J connectivity index is 1.94. The summed E-state index contributed by atoms with van der Waals surface area (Å²) in [5, 5.41) is 3.54. The van der Waals surface area contributed by atoms with Crippen LogP contribution < -0.4 is 10.1 Å². The first-order valence-electron chi connectivity index (χ1n) is 7.47. The molecule has 0 radical (unpaired) electrons. The Morgan fingerprint density at radius 2 is 1.95 bits per heavy atom. The van der Waals surface area contributed by atoms with Crippen molar-refractivity contribution in [3.05, 3.63) is 29.8 Å². The summed E-state index contributed by atoms with van der Waals surface area (Å²) < 4.78 is 28.6. The van der Waals surface area contributed by atoms with Crippen molar-refractivity contribution in [2.45, 2.75) is 51.7 Å². The van der Waals surface area contributed by atoms with E-state index in [2.05, 4.69) is 17.0 Å². The Morgan fingerprint density at radius 1 is 1.25 bits per heavy atom. The first-order valence-corrected chi connectivity index (χ1v) is 7.47. The molecule has 4 heteroatoms. The number of hydrogen-bond donors (Lipinski definition) is 1.